The lowest BCUT2D eigenvalue weighted by Gasteiger charge is -2.16. The van der Waals surface area contributed by atoms with Gasteiger partial charge in [0.25, 0.3) is 0 Å². The molecule has 3 N–H and O–H groups in total. The third-order valence-corrected chi connectivity index (χ3v) is 3.38. The molecule has 0 saturated heterocycles. The smallest absolute Gasteiger partial charge is 0.234 e. The topological polar surface area (TPSA) is 70.6 Å². The highest BCUT2D eigenvalue weighted by Crippen LogP contribution is 2.16. The van der Waals surface area contributed by atoms with Crippen LogP contribution in [0.15, 0.2) is 0 Å². The highest BCUT2D eigenvalue weighted by atomic mass is 16.5. The van der Waals surface area contributed by atoms with Crippen molar-refractivity contribution >= 4 is 5.91 Å². The fourth-order valence-corrected chi connectivity index (χ4v) is 2.37. The summed E-state index contributed by atoms with van der Waals surface area (Å²) < 4.78 is 5.13. The Kier molecular flexibility index (Phi) is 9.67. The third-order valence-electron chi connectivity index (χ3n) is 3.38. The second-order valence-corrected chi connectivity index (χ2v) is 5.12. The molecule has 1 rings (SSSR count). The van der Waals surface area contributed by atoms with Crippen LogP contribution >= 0.6 is 0 Å². The first kappa shape index (κ1) is 16.4. The van der Waals surface area contributed by atoms with Crippen LogP contribution in [0.1, 0.15) is 44.9 Å². The molecule has 0 radical (unpaired) electrons. The van der Waals surface area contributed by atoms with Crippen LogP contribution < -0.4 is 10.6 Å². The lowest BCUT2D eigenvalue weighted by atomic mass is 10.1. The SMILES string of the molecule is O=C(CNCCCOCCO)NC1CCCCCC1. The molecule has 1 fully saturated rings. The predicted octanol–water partition coefficient (Wildman–Crippen LogP) is 0.814. The predicted molar refractivity (Wildman–Crippen MR) is 75.0 cm³/mol. The Hall–Kier alpha value is -0.650. The first-order valence-electron chi connectivity index (χ1n) is 7.51. The minimum Gasteiger partial charge on any atom is -0.394 e. The van der Waals surface area contributed by atoms with Crippen molar-refractivity contribution in [3.8, 4) is 0 Å². The van der Waals surface area contributed by atoms with Crippen molar-refractivity contribution in [2.24, 2.45) is 0 Å². The van der Waals surface area contributed by atoms with Gasteiger partial charge in [-0.15, -0.1) is 0 Å². The van der Waals surface area contributed by atoms with Gasteiger partial charge in [-0.1, -0.05) is 25.7 Å². The number of aliphatic hydroxyl groups excluding tert-OH is 1. The maximum Gasteiger partial charge on any atom is 0.234 e. The van der Waals surface area contributed by atoms with E-state index in [1.807, 2.05) is 0 Å². The molecule has 0 unspecified atom stereocenters. The molecule has 0 aliphatic heterocycles. The Morgan fingerprint density at radius 2 is 1.89 bits per heavy atom. The first-order valence-corrected chi connectivity index (χ1v) is 7.51. The fraction of sp³-hybridized carbons (Fsp3) is 0.929. The van der Waals surface area contributed by atoms with E-state index in [-0.39, 0.29) is 12.5 Å². The van der Waals surface area contributed by atoms with Crippen molar-refractivity contribution in [3.05, 3.63) is 0 Å². The maximum atomic E-state index is 11.7. The van der Waals surface area contributed by atoms with Crippen molar-refractivity contribution in [2.75, 3.05) is 32.9 Å². The molecule has 5 nitrogen and oxygen atoms in total. The summed E-state index contributed by atoms with van der Waals surface area (Å²) in [5.74, 6) is 0.100. The maximum absolute atomic E-state index is 11.7. The molecule has 1 aliphatic carbocycles. The summed E-state index contributed by atoms with van der Waals surface area (Å²) in [6, 6.07) is 0.379. The molecule has 0 aromatic rings. The summed E-state index contributed by atoms with van der Waals surface area (Å²) in [6.07, 6.45) is 8.19. The molecule has 0 bridgehead atoms. The number of nitrogens with one attached hydrogen (secondary N) is 2. The minimum absolute atomic E-state index is 0.0667. The van der Waals surface area contributed by atoms with Crippen molar-refractivity contribution < 1.29 is 14.6 Å². The molecule has 19 heavy (non-hydrogen) atoms. The number of rotatable bonds is 9. The Labute approximate surface area is 116 Å². The average molecular weight is 272 g/mol. The van der Waals surface area contributed by atoms with E-state index in [9.17, 15) is 4.79 Å². The van der Waals surface area contributed by atoms with Gasteiger partial charge in [-0.05, 0) is 25.8 Å². The lowest BCUT2D eigenvalue weighted by Crippen LogP contribution is -2.40. The average Bonchev–Trinajstić information content (AvgIpc) is 2.66. The van der Waals surface area contributed by atoms with Crippen molar-refractivity contribution in [1.82, 2.24) is 10.6 Å². The molecule has 0 aromatic heterocycles. The monoisotopic (exact) mass is 272 g/mol. The largest absolute Gasteiger partial charge is 0.394 e. The van der Waals surface area contributed by atoms with Crippen LogP contribution in [0.3, 0.4) is 0 Å². The van der Waals surface area contributed by atoms with Crippen LogP contribution in [0.5, 0.6) is 0 Å². The van der Waals surface area contributed by atoms with Crippen LogP contribution in [0.4, 0.5) is 0 Å². The molecule has 0 aromatic carbocycles. The second-order valence-electron chi connectivity index (χ2n) is 5.12. The van der Waals surface area contributed by atoms with Crippen LogP contribution in [-0.4, -0.2) is 50.0 Å². The zero-order valence-corrected chi connectivity index (χ0v) is 11.8. The Balaban J connectivity index is 1.95. The summed E-state index contributed by atoms with van der Waals surface area (Å²) in [6.45, 7) is 2.23. The normalized spacial score (nSPS) is 17.1. The number of hydrogen-bond acceptors (Lipinski definition) is 4. The van der Waals surface area contributed by atoms with Gasteiger partial charge >= 0.3 is 0 Å². The summed E-state index contributed by atoms with van der Waals surface area (Å²) in [4.78, 5) is 11.7. The van der Waals surface area contributed by atoms with Crippen LogP contribution in [0.2, 0.25) is 0 Å². The molecule has 1 saturated carbocycles. The number of ether oxygens (including phenoxy) is 1. The molecule has 0 atom stereocenters. The number of carbonyl (C=O) groups is 1. The standard InChI is InChI=1S/C14H28N2O3/c17-9-11-19-10-5-8-15-12-14(18)16-13-6-3-1-2-4-7-13/h13,15,17H,1-12H2,(H,16,18). The summed E-state index contributed by atoms with van der Waals surface area (Å²) in [5, 5.41) is 14.7. The second kappa shape index (κ2) is 11.2. The number of carbonyl (C=O) groups excluding carboxylic acids is 1. The van der Waals surface area contributed by atoms with E-state index < -0.39 is 0 Å². The fourth-order valence-electron chi connectivity index (χ4n) is 2.37. The Morgan fingerprint density at radius 3 is 2.58 bits per heavy atom. The molecular weight excluding hydrogens is 244 g/mol. The van der Waals surface area contributed by atoms with Crippen molar-refractivity contribution in [2.45, 2.75) is 51.0 Å². The molecular formula is C14H28N2O3. The van der Waals surface area contributed by atoms with Crippen LogP contribution in [0, 0.1) is 0 Å². The van der Waals surface area contributed by atoms with Crippen LogP contribution in [-0.2, 0) is 9.53 Å². The van der Waals surface area contributed by atoms with E-state index in [0.717, 1.165) is 25.8 Å². The van der Waals surface area contributed by atoms with Gasteiger partial charge in [0.15, 0.2) is 0 Å². The molecule has 112 valence electrons. The summed E-state index contributed by atoms with van der Waals surface area (Å²) in [7, 11) is 0. The van der Waals surface area contributed by atoms with Gasteiger partial charge < -0.3 is 20.5 Å². The van der Waals surface area contributed by atoms with Crippen LogP contribution in [0.25, 0.3) is 0 Å². The van der Waals surface area contributed by atoms with Gasteiger partial charge in [-0.3, -0.25) is 4.79 Å². The zero-order chi connectivity index (χ0) is 13.8. The van der Waals surface area contributed by atoms with E-state index >= 15 is 0 Å². The van der Waals surface area contributed by atoms with E-state index in [1.165, 1.54) is 25.7 Å². The molecule has 0 spiro atoms. The van der Waals surface area contributed by atoms with E-state index in [1.54, 1.807) is 0 Å². The third kappa shape index (κ3) is 8.97. The minimum atomic E-state index is 0.0667. The van der Waals surface area contributed by atoms with Gasteiger partial charge in [0, 0.05) is 12.6 Å². The van der Waals surface area contributed by atoms with Crippen molar-refractivity contribution in [3.63, 3.8) is 0 Å². The number of amides is 1. The first-order chi connectivity index (χ1) is 9.33. The van der Waals surface area contributed by atoms with E-state index in [0.29, 0.717) is 25.8 Å². The molecule has 0 heterocycles. The Morgan fingerprint density at radius 1 is 1.16 bits per heavy atom. The summed E-state index contributed by atoms with van der Waals surface area (Å²) in [5.41, 5.74) is 0. The quantitative estimate of drug-likeness (QED) is 0.429. The van der Waals surface area contributed by atoms with Gasteiger partial charge in [0.2, 0.25) is 5.91 Å². The Bertz CT molecular complexity index is 229. The van der Waals surface area contributed by atoms with Gasteiger partial charge in [-0.25, -0.2) is 0 Å². The highest BCUT2D eigenvalue weighted by Gasteiger charge is 2.13. The van der Waals surface area contributed by atoms with E-state index in [4.69, 9.17) is 9.84 Å². The number of aliphatic hydroxyl groups is 1. The molecule has 5 heteroatoms. The lowest BCUT2D eigenvalue weighted by molar-refractivity contribution is -0.121. The zero-order valence-electron chi connectivity index (χ0n) is 11.8. The van der Waals surface area contributed by atoms with Gasteiger partial charge in [0.05, 0.1) is 19.8 Å². The number of hydrogen-bond donors (Lipinski definition) is 3. The molecule has 1 aliphatic rings. The van der Waals surface area contributed by atoms with E-state index in [2.05, 4.69) is 10.6 Å². The molecule has 1 amide bonds. The van der Waals surface area contributed by atoms with Gasteiger partial charge in [0.1, 0.15) is 0 Å². The van der Waals surface area contributed by atoms with Crippen molar-refractivity contribution in [1.29, 1.82) is 0 Å². The highest BCUT2D eigenvalue weighted by molar-refractivity contribution is 5.78. The van der Waals surface area contributed by atoms with Gasteiger partial charge in [-0.2, -0.15) is 0 Å². The summed E-state index contributed by atoms with van der Waals surface area (Å²) >= 11 is 0.